The van der Waals surface area contributed by atoms with Crippen molar-refractivity contribution in [3.05, 3.63) is 10.4 Å². The zero-order chi connectivity index (χ0) is 11.8. The molecule has 0 amide bonds. The van der Waals surface area contributed by atoms with E-state index >= 15 is 0 Å². The van der Waals surface area contributed by atoms with E-state index in [-0.39, 0.29) is 17.6 Å². The molecule has 0 radical (unpaired) electrons. The summed E-state index contributed by atoms with van der Waals surface area (Å²) in [6.45, 7) is 4.81. The number of rotatable bonds is 2. The van der Waals surface area contributed by atoms with Gasteiger partial charge in [-0.05, 0) is 29.7 Å². The molecule has 2 rings (SSSR count). The highest BCUT2D eigenvalue weighted by atomic mass is 16.5. The highest BCUT2D eigenvalue weighted by Gasteiger charge is 2.52. The lowest BCUT2D eigenvalue weighted by Gasteiger charge is -2.21. The second-order valence-corrected chi connectivity index (χ2v) is 5.54. The molecule has 1 heterocycles. The fourth-order valence-electron chi connectivity index (χ4n) is 3.21. The first-order valence-corrected chi connectivity index (χ1v) is 5.63. The molecule has 1 saturated carbocycles. The van der Waals surface area contributed by atoms with Crippen LogP contribution >= 0.6 is 0 Å². The zero-order valence-electron chi connectivity index (χ0n) is 9.63. The van der Waals surface area contributed by atoms with Gasteiger partial charge in [-0.3, -0.25) is 0 Å². The minimum atomic E-state index is -0.314. The van der Waals surface area contributed by atoms with E-state index in [9.17, 15) is 0 Å². The summed E-state index contributed by atoms with van der Waals surface area (Å²) in [5, 5.41) is 12.6. The van der Waals surface area contributed by atoms with E-state index in [0.717, 1.165) is 12.8 Å². The molecule has 1 aliphatic carbocycles. The van der Waals surface area contributed by atoms with Crippen molar-refractivity contribution >= 4 is 0 Å². The van der Waals surface area contributed by atoms with Crippen LogP contribution in [0.25, 0.3) is 10.4 Å². The third kappa shape index (κ3) is 1.87. The third-order valence-electron chi connectivity index (χ3n) is 3.77. The van der Waals surface area contributed by atoms with E-state index in [4.69, 9.17) is 15.5 Å². The first kappa shape index (κ1) is 11.3. The molecule has 0 aromatic rings. The standard InChI is InChI=1S/C11H16N4O/c1-11(2)3-7-8(4-11)10(6-14-15-13)16-9(7)5-12/h7-10H,3-4,6H2,1-2H3/t7?,8-,9-,10+/m0/s1. The van der Waals surface area contributed by atoms with Gasteiger partial charge in [-0.2, -0.15) is 5.26 Å². The average Bonchev–Trinajstić information content (AvgIpc) is 2.69. The number of nitrogens with zero attached hydrogens (tertiary/aromatic N) is 4. The molecule has 5 nitrogen and oxygen atoms in total. The number of hydrogen-bond donors (Lipinski definition) is 0. The van der Waals surface area contributed by atoms with E-state index < -0.39 is 0 Å². The van der Waals surface area contributed by atoms with Crippen molar-refractivity contribution < 1.29 is 4.74 Å². The summed E-state index contributed by atoms with van der Waals surface area (Å²) in [6, 6.07) is 2.22. The predicted octanol–water partition coefficient (Wildman–Crippen LogP) is 2.64. The first-order valence-electron chi connectivity index (χ1n) is 5.63. The van der Waals surface area contributed by atoms with Gasteiger partial charge in [0.15, 0.2) is 0 Å². The van der Waals surface area contributed by atoms with E-state index in [1.807, 2.05) is 0 Å². The molecule has 2 fully saturated rings. The summed E-state index contributed by atoms with van der Waals surface area (Å²) >= 11 is 0. The van der Waals surface area contributed by atoms with Gasteiger partial charge in [-0.25, -0.2) is 0 Å². The van der Waals surface area contributed by atoms with Crippen molar-refractivity contribution in [1.82, 2.24) is 0 Å². The minimum absolute atomic E-state index is 0.0627. The van der Waals surface area contributed by atoms with Crippen molar-refractivity contribution in [3.63, 3.8) is 0 Å². The molecule has 5 heteroatoms. The maximum atomic E-state index is 9.05. The van der Waals surface area contributed by atoms with Crippen LogP contribution in [0.15, 0.2) is 5.11 Å². The molecular formula is C11H16N4O. The van der Waals surface area contributed by atoms with Crippen molar-refractivity contribution in [2.45, 2.75) is 38.9 Å². The molecule has 1 aliphatic heterocycles. The lowest BCUT2D eigenvalue weighted by molar-refractivity contribution is 0.0476. The van der Waals surface area contributed by atoms with Crippen LogP contribution < -0.4 is 0 Å². The van der Waals surface area contributed by atoms with Crippen molar-refractivity contribution in [2.24, 2.45) is 22.4 Å². The second kappa shape index (κ2) is 3.97. The summed E-state index contributed by atoms with van der Waals surface area (Å²) in [4.78, 5) is 2.76. The van der Waals surface area contributed by atoms with Gasteiger partial charge in [-0.15, -0.1) is 0 Å². The molecule has 1 unspecified atom stereocenters. The zero-order valence-corrected chi connectivity index (χ0v) is 9.63. The van der Waals surface area contributed by atoms with Crippen molar-refractivity contribution in [1.29, 1.82) is 5.26 Å². The van der Waals surface area contributed by atoms with Crippen LogP contribution in [0.2, 0.25) is 0 Å². The Morgan fingerprint density at radius 2 is 2.19 bits per heavy atom. The Hall–Kier alpha value is -1.24. The molecule has 86 valence electrons. The summed E-state index contributed by atoms with van der Waals surface area (Å²) in [5.74, 6) is 0.698. The van der Waals surface area contributed by atoms with E-state index in [1.165, 1.54) is 0 Å². The van der Waals surface area contributed by atoms with Gasteiger partial charge in [0.2, 0.25) is 0 Å². The summed E-state index contributed by atoms with van der Waals surface area (Å²) in [5.41, 5.74) is 8.61. The smallest absolute Gasteiger partial charge is 0.147 e. The van der Waals surface area contributed by atoms with Gasteiger partial charge in [-0.1, -0.05) is 19.0 Å². The number of azide groups is 1. The number of fused-ring (bicyclic) bond motifs is 1. The molecule has 0 aromatic heterocycles. The molecule has 0 spiro atoms. The Morgan fingerprint density at radius 1 is 1.50 bits per heavy atom. The van der Waals surface area contributed by atoms with Crippen LogP contribution in [0.3, 0.4) is 0 Å². The summed E-state index contributed by atoms with van der Waals surface area (Å²) in [7, 11) is 0. The van der Waals surface area contributed by atoms with Gasteiger partial charge in [0.05, 0.1) is 18.7 Å². The van der Waals surface area contributed by atoms with Gasteiger partial charge >= 0.3 is 0 Å². The van der Waals surface area contributed by atoms with Gasteiger partial charge in [0.25, 0.3) is 0 Å². The molecule has 2 aliphatic rings. The Labute approximate surface area is 95.0 Å². The minimum Gasteiger partial charge on any atom is -0.359 e. The summed E-state index contributed by atoms with van der Waals surface area (Å²) in [6.07, 6.45) is 1.71. The van der Waals surface area contributed by atoms with Crippen LogP contribution in [0.5, 0.6) is 0 Å². The molecular weight excluding hydrogens is 204 g/mol. The van der Waals surface area contributed by atoms with Gasteiger partial charge in [0, 0.05) is 10.8 Å². The SMILES string of the molecule is CC1(C)CC2[C@H](C#N)O[C@H](CN=[N+]=[N-])[C@H]2C1. The monoisotopic (exact) mass is 220 g/mol. The first-order chi connectivity index (χ1) is 7.57. The lowest BCUT2D eigenvalue weighted by atomic mass is 9.89. The maximum Gasteiger partial charge on any atom is 0.147 e. The molecule has 0 N–H and O–H groups in total. The largest absolute Gasteiger partial charge is 0.359 e. The quantitative estimate of drug-likeness (QED) is 0.407. The fourth-order valence-corrected chi connectivity index (χ4v) is 3.21. The topological polar surface area (TPSA) is 81.8 Å². The summed E-state index contributed by atoms with van der Waals surface area (Å²) < 4.78 is 5.65. The number of nitriles is 1. The van der Waals surface area contributed by atoms with E-state index in [2.05, 4.69) is 29.9 Å². The fraction of sp³-hybridized carbons (Fsp3) is 0.909. The number of hydrogen-bond acceptors (Lipinski definition) is 3. The third-order valence-corrected chi connectivity index (χ3v) is 3.77. The Kier molecular flexibility index (Phi) is 2.79. The van der Waals surface area contributed by atoms with Gasteiger partial charge in [0.1, 0.15) is 6.10 Å². The molecule has 4 atom stereocenters. The average molecular weight is 220 g/mol. The Morgan fingerprint density at radius 3 is 2.81 bits per heavy atom. The van der Waals surface area contributed by atoms with Crippen LogP contribution in [-0.2, 0) is 4.74 Å². The lowest BCUT2D eigenvalue weighted by Crippen LogP contribution is -2.21. The van der Waals surface area contributed by atoms with Crippen LogP contribution in [-0.4, -0.2) is 18.8 Å². The predicted molar refractivity (Wildman–Crippen MR) is 58.3 cm³/mol. The van der Waals surface area contributed by atoms with Crippen LogP contribution in [0, 0.1) is 28.6 Å². The maximum absolute atomic E-state index is 9.05. The molecule has 1 saturated heterocycles. The highest BCUT2D eigenvalue weighted by molar-refractivity contribution is 5.07. The molecule has 0 bridgehead atoms. The number of ether oxygens (including phenoxy) is 1. The molecule has 16 heavy (non-hydrogen) atoms. The van der Waals surface area contributed by atoms with E-state index in [1.54, 1.807) is 0 Å². The molecule has 0 aromatic carbocycles. The van der Waals surface area contributed by atoms with Crippen molar-refractivity contribution in [3.8, 4) is 6.07 Å². The second-order valence-electron chi connectivity index (χ2n) is 5.54. The van der Waals surface area contributed by atoms with E-state index in [0.29, 0.717) is 18.4 Å². The van der Waals surface area contributed by atoms with Crippen LogP contribution in [0.4, 0.5) is 0 Å². The van der Waals surface area contributed by atoms with Crippen molar-refractivity contribution in [2.75, 3.05) is 6.54 Å². The highest BCUT2D eigenvalue weighted by Crippen LogP contribution is 2.52. The Balaban J connectivity index is 2.14. The Bertz CT molecular complexity index is 367. The normalized spacial score (nSPS) is 39.8. The van der Waals surface area contributed by atoms with Gasteiger partial charge < -0.3 is 4.74 Å². The van der Waals surface area contributed by atoms with Crippen LogP contribution in [0.1, 0.15) is 26.7 Å².